The highest BCUT2D eigenvalue weighted by atomic mass is 35.5. The summed E-state index contributed by atoms with van der Waals surface area (Å²) < 4.78 is 7.38. The molecule has 0 bridgehead atoms. The van der Waals surface area contributed by atoms with E-state index >= 15 is 0 Å². The number of hydrogen-bond acceptors (Lipinski definition) is 3. The molecule has 0 aliphatic rings. The molecule has 0 radical (unpaired) electrons. The Morgan fingerprint density at radius 2 is 2.04 bits per heavy atom. The summed E-state index contributed by atoms with van der Waals surface area (Å²) >= 11 is 12.0. The van der Waals surface area contributed by atoms with Gasteiger partial charge in [0, 0.05) is 23.8 Å². The third kappa shape index (κ3) is 4.36. The van der Waals surface area contributed by atoms with E-state index in [-0.39, 0.29) is 12.5 Å². The van der Waals surface area contributed by atoms with Gasteiger partial charge in [0.2, 0.25) is 0 Å². The molecule has 0 saturated heterocycles. The van der Waals surface area contributed by atoms with E-state index in [2.05, 4.69) is 10.4 Å². The van der Waals surface area contributed by atoms with Gasteiger partial charge in [-0.15, -0.1) is 0 Å². The largest absolute Gasteiger partial charge is 0.487 e. The van der Waals surface area contributed by atoms with Crippen molar-refractivity contribution in [3.8, 4) is 5.75 Å². The van der Waals surface area contributed by atoms with Gasteiger partial charge in [-0.05, 0) is 42.8 Å². The van der Waals surface area contributed by atoms with E-state index in [9.17, 15) is 4.79 Å². The number of aromatic nitrogens is 2. The molecule has 1 N–H and O–H groups in total. The minimum Gasteiger partial charge on any atom is -0.487 e. The maximum atomic E-state index is 12.5. The van der Waals surface area contributed by atoms with Gasteiger partial charge in [0.05, 0.1) is 16.4 Å². The second kappa shape index (κ2) is 7.81. The Balaban J connectivity index is 1.69. The van der Waals surface area contributed by atoms with Crippen LogP contribution < -0.4 is 10.1 Å². The van der Waals surface area contributed by atoms with Crippen LogP contribution in [0.5, 0.6) is 5.75 Å². The average Bonchev–Trinajstić information content (AvgIpc) is 2.91. The van der Waals surface area contributed by atoms with Crippen molar-refractivity contribution in [2.75, 3.05) is 5.32 Å². The van der Waals surface area contributed by atoms with Crippen molar-refractivity contribution in [1.82, 2.24) is 9.78 Å². The summed E-state index contributed by atoms with van der Waals surface area (Å²) in [5, 5.41) is 8.07. The molecule has 134 valence electrons. The molecule has 0 unspecified atom stereocenters. The number of aryl methyl sites for hydroxylation is 2. The summed E-state index contributed by atoms with van der Waals surface area (Å²) in [5.41, 5.74) is 2.84. The molecular weight excluding hydrogens is 373 g/mol. The van der Waals surface area contributed by atoms with Gasteiger partial charge in [-0.3, -0.25) is 9.48 Å². The first-order valence-electron chi connectivity index (χ1n) is 7.91. The van der Waals surface area contributed by atoms with E-state index in [1.807, 2.05) is 26.1 Å². The van der Waals surface area contributed by atoms with Crippen LogP contribution in [0.4, 0.5) is 5.69 Å². The topological polar surface area (TPSA) is 56.2 Å². The van der Waals surface area contributed by atoms with Crippen LogP contribution in [-0.4, -0.2) is 15.7 Å². The highest BCUT2D eigenvalue weighted by molar-refractivity contribution is 6.35. The van der Waals surface area contributed by atoms with Crippen LogP contribution in [-0.2, 0) is 13.7 Å². The number of ether oxygens (including phenoxy) is 1. The predicted molar refractivity (Wildman–Crippen MR) is 103 cm³/mol. The second-order valence-corrected chi connectivity index (χ2v) is 6.66. The van der Waals surface area contributed by atoms with Gasteiger partial charge in [-0.2, -0.15) is 5.10 Å². The van der Waals surface area contributed by atoms with E-state index in [1.165, 1.54) is 0 Å². The first kappa shape index (κ1) is 18.3. The number of amides is 1. The summed E-state index contributed by atoms with van der Waals surface area (Å²) in [5.74, 6) is 0.337. The molecule has 0 fully saturated rings. The van der Waals surface area contributed by atoms with Gasteiger partial charge >= 0.3 is 0 Å². The number of benzene rings is 2. The molecular formula is C19H17Cl2N3O2. The van der Waals surface area contributed by atoms with Gasteiger partial charge in [-0.25, -0.2) is 0 Å². The molecule has 26 heavy (non-hydrogen) atoms. The number of halogens is 2. The molecule has 7 heteroatoms. The van der Waals surface area contributed by atoms with Crippen molar-refractivity contribution >= 4 is 34.8 Å². The van der Waals surface area contributed by atoms with Crippen LogP contribution in [0.1, 0.15) is 21.6 Å². The minimum atomic E-state index is -0.201. The summed E-state index contributed by atoms with van der Waals surface area (Å²) in [7, 11) is 1.81. The standard InChI is InChI=1S/C19H17Cl2N3O2/c1-12-17(10-24(2)23-12)22-19(25)14-5-3-4-13(8-14)11-26-18-7-6-15(20)9-16(18)21/h3-10H,11H2,1-2H3,(H,22,25). The van der Waals surface area contributed by atoms with Crippen molar-refractivity contribution < 1.29 is 9.53 Å². The molecule has 1 aromatic heterocycles. The lowest BCUT2D eigenvalue weighted by Gasteiger charge is -2.10. The lowest BCUT2D eigenvalue weighted by atomic mass is 10.1. The Kier molecular flexibility index (Phi) is 5.49. The molecule has 3 rings (SSSR count). The van der Waals surface area contributed by atoms with Gasteiger partial charge < -0.3 is 10.1 Å². The number of rotatable bonds is 5. The zero-order chi connectivity index (χ0) is 18.7. The smallest absolute Gasteiger partial charge is 0.255 e. The van der Waals surface area contributed by atoms with Crippen LogP contribution in [0.3, 0.4) is 0 Å². The lowest BCUT2D eigenvalue weighted by Crippen LogP contribution is -2.12. The summed E-state index contributed by atoms with van der Waals surface area (Å²) in [6, 6.07) is 12.3. The Bertz CT molecular complexity index is 954. The molecule has 1 amide bonds. The zero-order valence-electron chi connectivity index (χ0n) is 14.3. The van der Waals surface area contributed by atoms with E-state index in [0.29, 0.717) is 27.0 Å². The fourth-order valence-corrected chi connectivity index (χ4v) is 2.94. The number of nitrogens with zero attached hydrogens (tertiary/aromatic N) is 2. The van der Waals surface area contributed by atoms with Crippen LogP contribution in [0.15, 0.2) is 48.7 Å². The van der Waals surface area contributed by atoms with Crippen molar-refractivity contribution in [3.63, 3.8) is 0 Å². The van der Waals surface area contributed by atoms with E-state index in [1.54, 1.807) is 41.2 Å². The molecule has 1 heterocycles. The van der Waals surface area contributed by atoms with Crippen molar-refractivity contribution in [2.45, 2.75) is 13.5 Å². The lowest BCUT2D eigenvalue weighted by molar-refractivity contribution is 0.102. The van der Waals surface area contributed by atoms with E-state index < -0.39 is 0 Å². The molecule has 5 nitrogen and oxygen atoms in total. The molecule has 0 saturated carbocycles. The van der Waals surface area contributed by atoms with Crippen LogP contribution in [0.25, 0.3) is 0 Å². The monoisotopic (exact) mass is 389 g/mol. The molecule has 3 aromatic rings. The first-order chi connectivity index (χ1) is 12.4. The summed E-state index contributed by atoms with van der Waals surface area (Å²) in [6.45, 7) is 2.13. The third-order valence-corrected chi connectivity index (χ3v) is 4.27. The summed E-state index contributed by atoms with van der Waals surface area (Å²) in [6.07, 6.45) is 1.77. The van der Waals surface area contributed by atoms with Gasteiger partial charge in [0.1, 0.15) is 12.4 Å². The predicted octanol–water partition coefficient (Wildman–Crippen LogP) is 4.87. The van der Waals surface area contributed by atoms with E-state index in [0.717, 1.165) is 11.3 Å². The molecule has 0 aliphatic heterocycles. The normalized spacial score (nSPS) is 10.6. The summed E-state index contributed by atoms with van der Waals surface area (Å²) in [4.78, 5) is 12.5. The zero-order valence-corrected chi connectivity index (χ0v) is 15.8. The van der Waals surface area contributed by atoms with Gasteiger partial charge in [0.25, 0.3) is 5.91 Å². The van der Waals surface area contributed by atoms with Gasteiger partial charge in [0.15, 0.2) is 0 Å². The number of carbonyl (C=O) groups excluding carboxylic acids is 1. The quantitative estimate of drug-likeness (QED) is 0.677. The number of hydrogen-bond donors (Lipinski definition) is 1. The van der Waals surface area contributed by atoms with Crippen LogP contribution in [0, 0.1) is 6.92 Å². The maximum Gasteiger partial charge on any atom is 0.255 e. The molecule has 0 spiro atoms. The van der Waals surface area contributed by atoms with Crippen molar-refractivity contribution in [3.05, 3.63) is 75.5 Å². The van der Waals surface area contributed by atoms with Crippen LogP contribution >= 0.6 is 23.2 Å². The number of nitrogens with one attached hydrogen (secondary N) is 1. The minimum absolute atomic E-state index is 0.201. The third-order valence-electron chi connectivity index (χ3n) is 3.74. The van der Waals surface area contributed by atoms with Crippen molar-refractivity contribution in [2.24, 2.45) is 7.05 Å². The Morgan fingerprint density at radius 3 is 2.73 bits per heavy atom. The Labute approximate surface area is 161 Å². The highest BCUT2D eigenvalue weighted by Gasteiger charge is 2.11. The first-order valence-corrected chi connectivity index (χ1v) is 8.66. The highest BCUT2D eigenvalue weighted by Crippen LogP contribution is 2.28. The van der Waals surface area contributed by atoms with Gasteiger partial charge in [-0.1, -0.05) is 35.3 Å². The van der Waals surface area contributed by atoms with Crippen LogP contribution in [0.2, 0.25) is 10.0 Å². The Morgan fingerprint density at radius 1 is 1.23 bits per heavy atom. The van der Waals surface area contributed by atoms with Crippen molar-refractivity contribution in [1.29, 1.82) is 0 Å². The molecule has 0 atom stereocenters. The molecule has 0 aliphatic carbocycles. The molecule has 2 aromatic carbocycles. The maximum absolute atomic E-state index is 12.5. The fraction of sp³-hybridized carbons (Fsp3) is 0.158. The number of carbonyl (C=O) groups is 1. The average molecular weight is 390 g/mol. The van der Waals surface area contributed by atoms with E-state index in [4.69, 9.17) is 27.9 Å². The number of anilines is 1. The fourth-order valence-electron chi connectivity index (χ4n) is 2.47. The SMILES string of the molecule is Cc1nn(C)cc1NC(=O)c1cccc(COc2ccc(Cl)cc2Cl)c1. The Hall–Kier alpha value is -2.50. The second-order valence-electron chi connectivity index (χ2n) is 5.82.